The van der Waals surface area contributed by atoms with Gasteiger partial charge in [-0.15, -0.1) is 0 Å². The zero-order valence-electron chi connectivity index (χ0n) is 23.1. The van der Waals surface area contributed by atoms with Crippen LogP contribution in [0.1, 0.15) is 43.0 Å². The van der Waals surface area contributed by atoms with Crippen molar-refractivity contribution in [3.05, 3.63) is 89.8 Å². The van der Waals surface area contributed by atoms with E-state index in [2.05, 4.69) is 4.74 Å². The number of carbonyl (C=O) groups is 2. The van der Waals surface area contributed by atoms with Crippen molar-refractivity contribution in [2.24, 2.45) is 17.8 Å². The fourth-order valence-electron chi connectivity index (χ4n) is 6.13. The predicted molar refractivity (Wildman–Crippen MR) is 155 cm³/mol. The van der Waals surface area contributed by atoms with Crippen LogP contribution in [0.4, 0.5) is 15.8 Å². The molecule has 2 fully saturated rings. The van der Waals surface area contributed by atoms with Crippen molar-refractivity contribution < 1.29 is 23.8 Å². The van der Waals surface area contributed by atoms with Gasteiger partial charge in [0.15, 0.2) is 6.23 Å². The Morgan fingerprint density at radius 1 is 0.950 bits per heavy atom. The van der Waals surface area contributed by atoms with Crippen LogP contribution in [0.2, 0.25) is 0 Å². The number of halogens is 1. The number of methoxy groups -OCH3 is 1. The maximum absolute atomic E-state index is 14.8. The molecule has 1 N–H and O–H groups in total. The molecule has 7 heteroatoms. The molecule has 2 aliphatic carbocycles. The summed E-state index contributed by atoms with van der Waals surface area (Å²) in [6.45, 7) is 0. The molecule has 3 aromatic rings. The van der Waals surface area contributed by atoms with Gasteiger partial charge in [-0.2, -0.15) is 0 Å². The number of ether oxygens (including phenoxy) is 1. The summed E-state index contributed by atoms with van der Waals surface area (Å²) in [4.78, 5) is 29.0. The second-order valence-electron chi connectivity index (χ2n) is 11.0. The minimum Gasteiger partial charge on any atom is -0.466 e. The average Bonchev–Trinajstić information content (AvgIpc) is 3.60. The van der Waals surface area contributed by atoms with E-state index in [-0.39, 0.29) is 23.4 Å². The third-order valence-corrected chi connectivity index (χ3v) is 8.26. The van der Waals surface area contributed by atoms with Crippen molar-refractivity contribution >= 4 is 29.3 Å². The molecule has 0 radical (unpaired) electrons. The second-order valence-corrected chi connectivity index (χ2v) is 11.0. The van der Waals surface area contributed by atoms with Gasteiger partial charge < -0.3 is 14.7 Å². The fourth-order valence-corrected chi connectivity index (χ4v) is 6.13. The van der Waals surface area contributed by atoms with Crippen LogP contribution in [-0.4, -0.2) is 38.2 Å². The van der Waals surface area contributed by atoms with Crippen LogP contribution in [0, 0.1) is 23.6 Å². The molecule has 2 aliphatic rings. The quantitative estimate of drug-likeness (QED) is 0.208. The SMILES string of the molecule is COC(=O)/C=C/c1cc(F)cc(N(C(=O)C2CC3CCC2C3)C(O)c2ccc(-c3ccc(N(C)C)cc3)cc2)c1. The lowest BCUT2D eigenvalue weighted by Gasteiger charge is -2.33. The van der Waals surface area contributed by atoms with Crippen LogP contribution < -0.4 is 9.80 Å². The molecule has 0 heterocycles. The Balaban J connectivity index is 1.47. The van der Waals surface area contributed by atoms with E-state index in [1.807, 2.05) is 55.4 Å². The van der Waals surface area contributed by atoms with E-state index in [4.69, 9.17) is 0 Å². The molecular formula is C33H35FN2O4. The number of hydrogen-bond acceptors (Lipinski definition) is 5. The molecule has 208 valence electrons. The van der Waals surface area contributed by atoms with Crippen molar-refractivity contribution in [1.29, 1.82) is 0 Å². The summed E-state index contributed by atoms with van der Waals surface area (Å²) in [5.74, 6) is -0.737. The van der Waals surface area contributed by atoms with E-state index >= 15 is 0 Å². The summed E-state index contributed by atoms with van der Waals surface area (Å²) in [7, 11) is 5.25. The molecule has 40 heavy (non-hydrogen) atoms. The van der Waals surface area contributed by atoms with Gasteiger partial charge in [-0.1, -0.05) is 42.8 Å². The molecule has 0 aromatic heterocycles. The number of rotatable bonds is 8. The van der Waals surface area contributed by atoms with Crippen molar-refractivity contribution in [2.45, 2.75) is 31.9 Å². The van der Waals surface area contributed by atoms with Crippen LogP contribution in [-0.2, 0) is 14.3 Å². The Labute approximate surface area is 234 Å². The van der Waals surface area contributed by atoms with Crippen molar-refractivity contribution in [3.63, 3.8) is 0 Å². The number of amides is 1. The van der Waals surface area contributed by atoms with Gasteiger partial charge in [0.2, 0.25) is 5.91 Å². The Hall–Kier alpha value is -3.97. The normalized spacial score (nSPS) is 20.5. The first kappa shape index (κ1) is 27.6. The number of aliphatic hydroxyl groups excluding tert-OH is 1. The van der Waals surface area contributed by atoms with Gasteiger partial charge in [-0.25, -0.2) is 9.18 Å². The lowest BCUT2D eigenvalue weighted by Crippen LogP contribution is -2.41. The van der Waals surface area contributed by atoms with Gasteiger partial charge in [0, 0.05) is 37.3 Å². The highest BCUT2D eigenvalue weighted by Crippen LogP contribution is 2.49. The van der Waals surface area contributed by atoms with Gasteiger partial charge >= 0.3 is 5.97 Å². The average molecular weight is 543 g/mol. The number of nitrogens with zero attached hydrogens (tertiary/aromatic N) is 2. The Bertz CT molecular complexity index is 1400. The van der Waals surface area contributed by atoms with E-state index in [9.17, 15) is 19.1 Å². The molecule has 3 aromatic carbocycles. The van der Waals surface area contributed by atoms with Gasteiger partial charge in [0.05, 0.1) is 12.8 Å². The molecule has 0 saturated heterocycles. The van der Waals surface area contributed by atoms with Crippen LogP contribution in [0.25, 0.3) is 17.2 Å². The molecule has 4 atom stereocenters. The fraction of sp³-hybridized carbons (Fsp3) is 0.333. The minimum atomic E-state index is -1.31. The van der Waals surface area contributed by atoms with E-state index in [1.54, 1.807) is 18.2 Å². The Morgan fingerprint density at radius 2 is 1.62 bits per heavy atom. The third-order valence-electron chi connectivity index (χ3n) is 8.26. The van der Waals surface area contributed by atoms with Crippen LogP contribution in [0.3, 0.4) is 0 Å². The number of aliphatic hydroxyl groups is 1. The summed E-state index contributed by atoms with van der Waals surface area (Å²) < 4.78 is 19.4. The first-order valence-corrected chi connectivity index (χ1v) is 13.7. The van der Waals surface area contributed by atoms with Gasteiger partial charge in [-0.3, -0.25) is 9.69 Å². The smallest absolute Gasteiger partial charge is 0.330 e. The number of anilines is 2. The van der Waals surface area contributed by atoms with Crippen molar-refractivity contribution in [1.82, 2.24) is 0 Å². The highest BCUT2D eigenvalue weighted by atomic mass is 19.1. The molecule has 6 nitrogen and oxygen atoms in total. The zero-order chi connectivity index (χ0) is 28.4. The topological polar surface area (TPSA) is 70.1 Å². The molecule has 4 unspecified atom stereocenters. The van der Waals surface area contributed by atoms with E-state index in [0.29, 0.717) is 17.0 Å². The van der Waals surface area contributed by atoms with Gasteiger partial charge in [0.1, 0.15) is 5.82 Å². The summed E-state index contributed by atoms with van der Waals surface area (Å²) in [6.07, 6.45) is 5.27. The Morgan fingerprint density at radius 3 is 2.20 bits per heavy atom. The largest absolute Gasteiger partial charge is 0.466 e. The summed E-state index contributed by atoms with van der Waals surface area (Å²) in [5.41, 5.74) is 4.27. The summed E-state index contributed by atoms with van der Waals surface area (Å²) in [6, 6.07) is 19.8. The molecule has 1 amide bonds. The molecule has 5 rings (SSSR count). The monoisotopic (exact) mass is 542 g/mol. The highest BCUT2D eigenvalue weighted by molar-refractivity contribution is 5.96. The van der Waals surface area contributed by atoms with Gasteiger partial charge in [-0.05, 0) is 84.2 Å². The number of fused-ring (bicyclic) bond motifs is 2. The number of benzene rings is 3. The lowest BCUT2D eigenvalue weighted by atomic mass is 9.87. The molecular weight excluding hydrogens is 507 g/mol. The summed E-state index contributed by atoms with van der Waals surface area (Å²) in [5, 5.41) is 11.6. The first-order chi connectivity index (χ1) is 19.2. The predicted octanol–water partition coefficient (Wildman–Crippen LogP) is 6.21. The Kier molecular flexibility index (Phi) is 8.03. The summed E-state index contributed by atoms with van der Waals surface area (Å²) >= 11 is 0. The first-order valence-electron chi connectivity index (χ1n) is 13.7. The maximum Gasteiger partial charge on any atom is 0.330 e. The second kappa shape index (κ2) is 11.6. The number of hydrogen-bond donors (Lipinski definition) is 1. The highest BCUT2D eigenvalue weighted by Gasteiger charge is 2.45. The number of carbonyl (C=O) groups excluding carboxylic acids is 2. The maximum atomic E-state index is 14.8. The van der Waals surface area contributed by atoms with E-state index < -0.39 is 18.0 Å². The van der Waals surface area contributed by atoms with Crippen molar-refractivity contribution in [3.8, 4) is 11.1 Å². The van der Waals surface area contributed by atoms with E-state index in [1.165, 1.54) is 36.3 Å². The van der Waals surface area contributed by atoms with Crippen LogP contribution in [0.5, 0.6) is 0 Å². The molecule has 0 spiro atoms. The lowest BCUT2D eigenvalue weighted by molar-refractivity contribution is -0.134. The number of esters is 1. The molecule has 0 aliphatic heterocycles. The van der Waals surface area contributed by atoms with E-state index in [0.717, 1.165) is 42.5 Å². The standard InChI is InChI=1S/C33H35FN2O4/c1-35(2)28-13-11-24(12-14-28)23-7-9-25(10-8-23)32(38)36(33(39)30-19-21-4-6-26(30)16-21)29-18-22(17-27(34)20-29)5-15-31(37)40-3/h5,7-15,17-18,20-21,26,30,32,38H,4,6,16,19H2,1-3H3/b15-5+. The molecule has 2 bridgehead atoms. The molecule has 2 saturated carbocycles. The van der Waals surface area contributed by atoms with Crippen molar-refractivity contribution in [2.75, 3.05) is 31.0 Å². The van der Waals surface area contributed by atoms with Crippen LogP contribution in [0.15, 0.2) is 72.8 Å². The zero-order valence-corrected chi connectivity index (χ0v) is 23.1. The minimum absolute atomic E-state index is 0.198. The van der Waals surface area contributed by atoms with Gasteiger partial charge in [0.25, 0.3) is 0 Å². The van der Waals surface area contributed by atoms with Crippen LogP contribution >= 0.6 is 0 Å². The third kappa shape index (κ3) is 5.80.